The molecule has 2 N–H and O–H groups in total. The third-order valence-electron chi connectivity index (χ3n) is 3.33. The minimum Gasteiger partial charge on any atom is -0.323 e. The van der Waals surface area contributed by atoms with Crippen molar-refractivity contribution in [2.24, 2.45) is 0 Å². The molecule has 0 aliphatic carbocycles. The fraction of sp³-hybridized carbons (Fsp3) is 0.188. The maximum Gasteiger partial charge on any atom is 0.416 e. The molecule has 0 radical (unpaired) electrons. The first-order valence-corrected chi connectivity index (χ1v) is 9.12. The Balaban J connectivity index is 2.15. The van der Waals surface area contributed by atoms with Gasteiger partial charge in [0, 0.05) is 0 Å². The Morgan fingerprint density at radius 3 is 2.31 bits per heavy atom. The van der Waals surface area contributed by atoms with E-state index in [0.717, 1.165) is 12.1 Å². The molecule has 0 aromatic heterocycles. The van der Waals surface area contributed by atoms with Gasteiger partial charge in [-0.1, -0.05) is 29.8 Å². The molecular weight excluding hydrogens is 393 g/mol. The molecule has 0 aliphatic heterocycles. The summed E-state index contributed by atoms with van der Waals surface area (Å²) in [6, 6.07) is 8.56. The number of alkyl halides is 3. The van der Waals surface area contributed by atoms with E-state index in [1.165, 1.54) is 31.2 Å². The summed E-state index contributed by atoms with van der Waals surface area (Å²) in [4.78, 5) is 12.1. The molecule has 0 saturated carbocycles. The lowest BCUT2D eigenvalue weighted by atomic mass is 10.2. The number of sulfonamides is 1. The zero-order valence-corrected chi connectivity index (χ0v) is 14.9. The monoisotopic (exact) mass is 406 g/mol. The Bertz CT molecular complexity index is 903. The van der Waals surface area contributed by atoms with E-state index in [0.29, 0.717) is 6.07 Å². The summed E-state index contributed by atoms with van der Waals surface area (Å²) >= 11 is 5.80. The average molecular weight is 407 g/mol. The van der Waals surface area contributed by atoms with Crippen LogP contribution in [0.2, 0.25) is 5.02 Å². The topological polar surface area (TPSA) is 75.3 Å². The Labute approximate surface area is 153 Å². The number of amides is 1. The number of anilines is 1. The highest BCUT2D eigenvalue weighted by Gasteiger charge is 2.31. The van der Waals surface area contributed by atoms with Gasteiger partial charge in [0.15, 0.2) is 0 Å². The van der Waals surface area contributed by atoms with Gasteiger partial charge in [0.05, 0.1) is 27.2 Å². The van der Waals surface area contributed by atoms with Gasteiger partial charge in [-0.05, 0) is 37.3 Å². The highest BCUT2D eigenvalue weighted by Crippen LogP contribution is 2.33. The highest BCUT2D eigenvalue weighted by atomic mass is 35.5. The van der Waals surface area contributed by atoms with E-state index >= 15 is 0 Å². The van der Waals surface area contributed by atoms with E-state index in [1.54, 1.807) is 6.07 Å². The fourth-order valence-corrected chi connectivity index (χ4v) is 3.38. The smallest absolute Gasteiger partial charge is 0.323 e. The molecule has 5 nitrogen and oxygen atoms in total. The number of benzene rings is 2. The molecule has 10 heteroatoms. The van der Waals surface area contributed by atoms with Gasteiger partial charge < -0.3 is 5.32 Å². The quantitative estimate of drug-likeness (QED) is 0.795. The molecule has 0 saturated heterocycles. The van der Waals surface area contributed by atoms with Crippen molar-refractivity contribution in [2.45, 2.75) is 24.0 Å². The van der Waals surface area contributed by atoms with E-state index in [-0.39, 0.29) is 15.6 Å². The van der Waals surface area contributed by atoms with Crippen molar-refractivity contribution < 1.29 is 26.4 Å². The van der Waals surface area contributed by atoms with E-state index in [2.05, 4.69) is 10.0 Å². The Kier molecular flexibility index (Phi) is 5.94. The van der Waals surface area contributed by atoms with Crippen LogP contribution in [-0.4, -0.2) is 20.4 Å². The molecule has 26 heavy (non-hydrogen) atoms. The third kappa shape index (κ3) is 4.96. The first-order chi connectivity index (χ1) is 12.0. The van der Waals surface area contributed by atoms with Gasteiger partial charge in [-0.25, -0.2) is 8.42 Å². The van der Waals surface area contributed by atoms with Crippen LogP contribution in [0.1, 0.15) is 12.5 Å². The van der Waals surface area contributed by atoms with Crippen molar-refractivity contribution in [1.82, 2.24) is 4.72 Å². The molecule has 0 bridgehead atoms. The molecule has 2 aromatic rings. The standard InChI is InChI=1S/C16H14ClF3N2O3S/c1-10(22-26(24,25)12-5-3-2-4-6-12)15(23)21-14-9-11(16(18,19)20)7-8-13(14)17/h2-10,22H,1H3,(H,21,23). The SMILES string of the molecule is CC(NS(=O)(=O)c1ccccc1)C(=O)Nc1cc(C(F)(F)F)ccc1Cl. The van der Waals surface area contributed by atoms with Crippen molar-refractivity contribution in [3.05, 3.63) is 59.1 Å². The zero-order chi connectivity index (χ0) is 19.5. The minimum atomic E-state index is -4.61. The molecule has 1 atom stereocenters. The van der Waals surface area contributed by atoms with Gasteiger partial charge in [0.25, 0.3) is 0 Å². The van der Waals surface area contributed by atoms with Crippen molar-refractivity contribution in [1.29, 1.82) is 0 Å². The summed E-state index contributed by atoms with van der Waals surface area (Å²) in [6.07, 6.45) is -4.61. The Morgan fingerprint density at radius 2 is 1.73 bits per heavy atom. The van der Waals surface area contributed by atoms with E-state index in [1.807, 2.05) is 0 Å². The van der Waals surface area contributed by atoms with Crippen molar-refractivity contribution >= 4 is 33.2 Å². The predicted molar refractivity (Wildman–Crippen MR) is 91.3 cm³/mol. The van der Waals surface area contributed by atoms with Crippen molar-refractivity contribution in [2.75, 3.05) is 5.32 Å². The van der Waals surface area contributed by atoms with Gasteiger partial charge in [-0.15, -0.1) is 0 Å². The number of carbonyl (C=O) groups is 1. The summed E-state index contributed by atoms with van der Waals surface area (Å²) in [5.74, 6) is -0.856. The number of halogens is 4. The summed E-state index contributed by atoms with van der Waals surface area (Å²) in [5, 5.41) is 2.09. The highest BCUT2D eigenvalue weighted by molar-refractivity contribution is 7.89. The second-order valence-corrected chi connectivity index (χ2v) is 7.46. The van der Waals surface area contributed by atoms with Crippen LogP contribution in [0.5, 0.6) is 0 Å². The van der Waals surface area contributed by atoms with Gasteiger partial charge in [0.2, 0.25) is 15.9 Å². The van der Waals surface area contributed by atoms with Crippen LogP contribution >= 0.6 is 11.6 Å². The molecule has 2 aromatic carbocycles. The predicted octanol–water partition coefficient (Wildman–Crippen LogP) is 3.66. The van der Waals surface area contributed by atoms with Crippen LogP contribution < -0.4 is 10.0 Å². The molecule has 1 amide bonds. The van der Waals surface area contributed by atoms with Crippen LogP contribution in [0.3, 0.4) is 0 Å². The van der Waals surface area contributed by atoms with Gasteiger partial charge >= 0.3 is 6.18 Å². The first-order valence-electron chi connectivity index (χ1n) is 7.26. The summed E-state index contributed by atoms with van der Waals surface area (Å²) in [7, 11) is -3.96. The molecule has 0 spiro atoms. The van der Waals surface area contributed by atoms with Gasteiger partial charge in [-0.3, -0.25) is 4.79 Å². The Morgan fingerprint density at radius 1 is 1.12 bits per heavy atom. The molecule has 1 unspecified atom stereocenters. The molecule has 0 aliphatic rings. The van der Waals surface area contributed by atoms with E-state index in [9.17, 15) is 26.4 Å². The molecule has 0 fully saturated rings. The van der Waals surface area contributed by atoms with Crippen LogP contribution in [0.4, 0.5) is 18.9 Å². The van der Waals surface area contributed by atoms with Crippen molar-refractivity contribution in [3.63, 3.8) is 0 Å². The van der Waals surface area contributed by atoms with Crippen LogP contribution in [0.15, 0.2) is 53.4 Å². The summed E-state index contributed by atoms with van der Waals surface area (Å²) in [5.41, 5.74) is -1.26. The lowest BCUT2D eigenvalue weighted by molar-refractivity contribution is -0.137. The first kappa shape index (κ1) is 20.2. The van der Waals surface area contributed by atoms with Crippen LogP contribution in [0.25, 0.3) is 0 Å². The number of rotatable bonds is 5. The summed E-state index contributed by atoms with van der Waals surface area (Å²) in [6.45, 7) is 1.26. The van der Waals surface area contributed by atoms with E-state index < -0.39 is 33.7 Å². The average Bonchev–Trinajstić information content (AvgIpc) is 2.56. The third-order valence-corrected chi connectivity index (χ3v) is 5.22. The van der Waals surface area contributed by atoms with Gasteiger partial charge in [-0.2, -0.15) is 17.9 Å². The van der Waals surface area contributed by atoms with Gasteiger partial charge in [0.1, 0.15) is 0 Å². The molecule has 0 heterocycles. The number of hydrogen-bond donors (Lipinski definition) is 2. The lowest BCUT2D eigenvalue weighted by Crippen LogP contribution is -2.41. The maximum absolute atomic E-state index is 12.8. The fourth-order valence-electron chi connectivity index (χ4n) is 1.99. The maximum atomic E-state index is 12.8. The van der Waals surface area contributed by atoms with Crippen LogP contribution in [0, 0.1) is 0 Å². The molecule has 2 rings (SSSR count). The lowest BCUT2D eigenvalue weighted by Gasteiger charge is -2.16. The Hall–Kier alpha value is -2.10. The number of nitrogens with one attached hydrogen (secondary N) is 2. The second kappa shape index (κ2) is 7.65. The normalized spacial score (nSPS) is 13.3. The number of hydrogen-bond acceptors (Lipinski definition) is 3. The van der Waals surface area contributed by atoms with Crippen molar-refractivity contribution in [3.8, 4) is 0 Å². The molecule has 140 valence electrons. The zero-order valence-electron chi connectivity index (χ0n) is 13.3. The molecular formula is C16H14ClF3N2O3S. The van der Waals surface area contributed by atoms with Crippen LogP contribution in [-0.2, 0) is 21.0 Å². The number of carbonyl (C=O) groups excluding carboxylic acids is 1. The van der Waals surface area contributed by atoms with E-state index in [4.69, 9.17) is 11.6 Å². The largest absolute Gasteiger partial charge is 0.416 e. The minimum absolute atomic E-state index is 0.0447. The summed E-state index contributed by atoms with van der Waals surface area (Å²) < 4.78 is 64.8. The second-order valence-electron chi connectivity index (χ2n) is 5.34.